The second-order valence-electron chi connectivity index (χ2n) is 6.47. The first-order valence-corrected chi connectivity index (χ1v) is 8.72. The Kier molecular flexibility index (Phi) is 6.77. The third kappa shape index (κ3) is 4.56. The van der Waals surface area contributed by atoms with Crippen LogP contribution in [0.25, 0.3) is 0 Å². The van der Waals surface area contributed by atoms with Crippen molar-refractivity contribution in [2.45, 2.75) is 45.3 Å². The van der Waals surface area contributed by atoms with E-state index in [9.17, 15) is 0 Å². The van der Waals surface area contributed by atoms with Gasteiger partial charge in [-0.15, -0.1) is 0 Å². The van der Waals surface area contributed by atoms with Crippen molar-refractivity contribution in [2.75, 3.05) is 6.61 Å². The molecule has 1 unspecified atom stereocenters. The molecule has 1 atom stereocenters. The lowest BCUT2D eigenvalue weighted by atomic mass is 9.80. The molecule has 0 heterocycles. The van der Waals surface area contributed by atoms with Crippen LogP contribution in [0.1, 0.15) is 44.7 Å². The molecule has 0 saturated carbocycles. The summed E-state index contributed by atoms with van der Waals surface area (Å²) in [5, 5.41) is 0. The van der Waals surface area contributed by atoms with Crippen molar-refractivity contribution in [3.05, 3.63) is 83.4 Å². The summed E-state index contributed by atoms with van der Waals surface area (Å²) in [6.07, 6.45) is 3.81. The molecule has 0 radical (unpaired) electrons. The van der Waals surface area contributed by atoms with Gasteiger partial charge in [0, 0.05) is 19.1 Å². The third-order valence-corrected chi connectivity index (χ3v) is 4.25. The van der Waals surface area contributed by atoms with Gasteiger partial charge in [0.15, 0.2) is 0 Å². The standard InChI is InChI=1S/C22H29NO/c1-4-24-22(19-11-7-5-8-12-19,20-13-9-6-10-14-20)17-21(23)16-15-18(2)3/h5-15,21H,4,16-17,23H2,1-3H3. The molecule has 0 aliphatic carbocycles. The molecule has 2 heteroatoms. The molecule has 2 rings (SSSR count). The van der Waals surface area contributed by atoms with Gasteiger partial charge in [-0.05, 0) is 38.3 Å². The SMILES string of the molecule is CCOC(CC(N)CC=C(C)C)(c1ccccc1)c1ccccc1. The largest absolute Gasteiger partial charge is 0.366 e. The van der Waals surface area contributed by atoms with Crippen LogP contribution in [0.15, 0.2) is 72.3 Å². The summed E-state index contributed by atoms with van der Waals surface area (Å²) < 4.78 is 6.38. The van der Waals surface area contributed by atoms with E-state index < -0.39 is 5.60 Å². The fourth-order valence-corrected chi connectivity index (χ4v) is 3.13. The molecule has 24 heavy (non-hydrogen) atoms. The van der Waals surface area contributed by atoms with Gasteiger partial charge in [-0.3, -0.25) is 0 Å². The summed E-state index contributed by atoms with van der Waals surface area (Å²) in [7, 11) is 0. The van der Waals surface area contributed by atoms with E-state index in [4.69, 9.17) is 10.5 Å². The van der Waals surface area contributed by atoms with Crippen molar-refractivity contribution in [1.29, 1.82) is 0 Å². The average Bonchev–Trinajstić information content (AvgIpc) is 2.61. The van der Waals surface area contributed by atoms with E-state index in [0.717, 1.165) is 24.0 Å². The van der Waals surface area contributed by atoms with Crippen molar-refractivity contribution < 1.29 is 4.74 Å². The Hall–Kier alpha value is -1.90. The highest BCUT2D eigenvalue weighted by Gasteiger charge is 2.36. The van der Waals surface area contributed by atoms with Gasteiger partial charge in [0.25, 0.3) is 0 Å². The van der Waals surface area contributed by atoms with Crippen molar-refractivity contribution in [2.24, 2.45) is 5.73 Å². The first kappa shape index (κ1) is 18.4. The summed E-state index contributed by atoms with van der Waals surface area (Å²) in [5.74, 6) is 0. The van der Waals surface area contributed by atoms with Gasteiger partial charge < -0.3 is 10.5 Å². The molecule has 0 fully saturated rings. The lowest BCUT2D eigenvalue weighted by molar-refractivity contribution is -0.0220. The van der Waals surface area contributed by atoms with Crippen LogP contribution < -0.4 is 5.73 Å². The highest BCUT2D eigenvalue weighted by molar-refractivity contribution is 5.37. The molecular formula is C22H29NO. The number of nitrogens with two attached hydrogens (primary N) is 1. The predicted octanol–water partition coefficient (Wildman–Crippen LogP) is 5.04. The minimum Gasteiger partial charge on any atom is -0.366 e. The lowest BCUT2D eigenvalue weighted by Gasteiger charge is -2.37. The van der Waals surface area contributed by atoms with Crippen molar-refractivity contribution >= 4 is 0 Å². The van der Waals surface area contributed by atoms with Gasteiger partial charge in [0.05, 0.1) is 0 Å². The maximum Gasteiger partial charge on any atom is 0.120 e. The maximum atomic E-state index is 6.49. The van der Waals surface area contributed by atoms with E-state index >= 15 is 0 Å². The van der Waals surface area contributed by atoms with Crippen LogP contribution in [-0.2, 0) is 10.3 Å². The highest BCUT2D eigenvalue weighted by atomic mass is 16.5. The van der Waals surface area contributed by atoms with Gasteiger partial charge in [0.1, 0.15) is 5.60 Å². The first-order valence-electron chi connectivity index (χ1n) is 8.72. The zero-order valence-electron chi connectivity index (χ0n) is 15.0. The van der Waals surface area contributed by atoms with Gasteiger partial charge in [-0.25, -0.2) is 0 Å². The van der Waals surface area contributed by atoms with E-state index in [0.29, 0.717) is 6.61 Å². The molecule has 2 aromatic rings. The Morgan fingerprint density at radius 1 is 1.00 bits per heavy atom. The van der Waals surface area contributed by atoms with Crippen LogP contribution >= 0.6 is 0 Å². The van der Waals surface area contributed by atoms with Crippen molar-refractivity contribution in [3.63, 3.8) is 0 Å². The highest BCUT2D eigenvalue weighted by Crippen LogP contribution is 2.38. The summed E-state index contributed by atoms with van der Waals surface area (Å²) in [6, 6.07) is 20.9. The van der Waals surface area contributed by atoms with E-state index in [1.807, 2.05) is 19.1 Å². The topological polar surface area (TPSA) is 35.2 Å². The second-order valence-corrected chi connectivity index (χ2v) is 6.47. The van der Waals surface area contributed by atoms with Gasteiger partial charge in [-0.2, -0.15) is 0 Å². The average molecular weight is 323 g/mol. The Bertz CT molecular complexity index is 590. The van der Waals surface area contributed by atoms with Gasteiger partial charge in [-0.1, -0.05) is 72.3 Å². The van der Waals surface area contributed by atoms with Crippen molar-refractivity contribution in [1.82, 2.24) is 0 Å². The van der Waals surface area contributed by atoms with E-state index in [2.05, 4.69) is 68.5 Å². The molecule has 2 N–H and O–H groups in total. The summed E-state index contributed by atoms with van der Waals surface area (Å²) in [4.78, 5) is 0. The molecule has 0 aliphatic heterocycles. The molecule has 2 nitrogen and oxygen atoms in total. The minimum atomic E-state index is -0.508. The number of rotatable bonds is 8. The number of allylic oxidation sites excluding steroid dienone is 1. The molecule has 0 aromatic heterocycles. The van der Waals surface area contributed by atoms with Crippen molar-refractivity contribution in [3.8, 4) is 0 Å². The fourth-order valence-electron chi connectivity index (χ4n) is 3.13. The van der Waals surface area contributed by atoms with E-state index in [-0.39, 0.29) is 6.04 Å². The fraction of sp³-hybridized carbons (Fsp3) is 0.364. The summed E-state index contributed by atoms with van der Waals surface area (Å²) in [6.45, 7) is 6.90. The monoisotopic (exact) mass is 323 g/mol. The number of benzene rings is 2. The molecule has 0 amide bonds. The van der Waals surface area contributed by atoms with Gasteiger partial charge in [0.2, 0.25) is 0 Å². The number of hydrogen-bond acceptors (Lipinski definition) is 2. The van der Waals surface area contributed by atoms with Crippen LogP contribution in [0.4, 0.5) is 0 Å². The quantitative estimate of drug-likeness (QED) is 0.691. The van der Waals surface area contributed by atoms with E-state index in [1.165, 1.54) is 5.57 Å². The van der Waals surface area contributed by atoms with Crippen LogP contribution in [-0.4, -0.2) is 12.6 Å². The van der Waals surface area contributed by atoms with Crippen LogP contribution in [0.3, 0.4) is 0 Å². The van der Waals surface area contributed by atoms with Gasteiger partial charge >= 0.3 is 0 Å². The second kappa shape index (κ2) is 8.81. The molecule has 128 valence electrons. The molecule has 0 spiro atoms. The number of hydrogen-bond donors (Lipinski definition) is 1. The first-order chi connectivity index (χ1) is 11.6. The zero-order valence-corrected chi connectivity index (χ0v) is 15.0. The number of ether oxygens (including phenoxy) is 1. The minimum absolute atomic E-state index is 0.0341. The Morgan fingerprint density at radius 2 is 1.50 bits per heavy atom. The molecule has 0 aliphatic rings. The predicted molar refractivity (Wildman–Crippen MR) is 102 cm³/mol. The van der Waals surface area contributed by atoms with Crippen LogP contribution in [0.2, 0.25) is 0 Å². The molecule has 0 bridgehead atoms. The van der Waals surface area contributed by atoms with Crippen LogP contribution in [0, 0.1) is 0 Å². The van der Waals surface area contributed by atoms with Crippen LogP contribution in [0.5, 0.6) is 0 Å². The Morgan fingerprint density at radius 3 is 1.92 bits per heavy atom. The third-order valence-electron chi connectivity index (χ3n) is 4.25. The Balaban J connectivity index is 2.44. The van der Waals surface area contributed by atoms with E-state index in [1.54, 1.807) is 0 Å². The zero-order chi connectivity index (χ0) is 17.4. The smallest absolute Gasteiger partial charge is 0.120 e. The lowest BCUT2D eigenvalue weighted by Crippen LogP contribution is -2.38. The maximum absolute atomic E-state index is 6.49. The molecular weight excluding hydrogens is 294 g/mol. The normalized spacial score (nSPS) is 12.7. The Labute approximate surface area is 146 Å². The molecule has 2 aromatic carbocycles. The molecule has 0 saturated heterocycles. The summed E-state index contributed by atoms with van der Waals surface area (Å²) >= 11 is 0. The summed E-state index contributed by atoms with van der Waals surface area (Å²) in [5.41, 5.74) is 9.59.